The summed E-state index contributed by atoms with van der Waals surface area (Å²) in [7, 11) is 0. The summed E-state index contributed by atoms with van der Waals surface area (Å²) in [6.45, 7) is 3.79. The molecule has 3 rings (SSSR count). The van der Waals surface area contributed by atoms with E-state index in [0.29, 0.717) is 13.0 Å². The Labute approximate surface area is 134 Å². The van der Waals surface area contributed by atoms with Gasteiger partial charge in [-0.05, 0) is 49.2 Å². The third-order valence-electron chi connectivity index (χ3n) is 4.79. The second kappa shape index (κ2) is 6.38. The molecule has 1 amide bonds. The molecule has 2 aliphatic heterocycles. The lowest BCUT2D eigenvalue weighted by molar-refractivity contribution is -0.144. The van der Waals surface area contributed by atoms with Crippen LogP contribution in [0.1, 0.15) is 42.7 Å². The van der Waals surface area contributed by atoms with Gasteiger partial charge in [0.05, 0.1) is 12.6 Å². The molecule has 1 fully saturated rings. The third kappa shape index (κ3) is 2.77. The molecule has 2 unspecified atom stereocenters. The van der Waals surface area contributed by atoms with Crippen molar-refractivity contribution in [1.82, 2.24) is 9.80 Å². The lowest BCUT2D eigenvalue weighted by Gasteiger charge is -2.36. The molecule has 2 atom stereocenters. The second-order valence-corrected chi connectivity index (χ2v) is 7.03. The quantitative estimate of drug-likeness (QED) is 0.922. The first-order valence-electron chi connectivity index (χ1n) is 7.94. The summed E-state index contributed by atoms with van der Waals surface area (Å²) in [6, 6.07) is 1.78. The topological polar surface area (TPSA) is 60.9 Å². The van der Waals surface area contributed by atoms with Gasteiger partial charge in [0.15, 0.2) is 0 Å². The van der Waals surface area contributed by atoms with Crippen molar-refractivity contribution in [2.45, 2.75) is 44.7 Å². The average Bonchev–Trinajstić information content (AvgIpc) is 3.14. The second-order valence-electron chi connectivity index (χ2n) is 6.03. The van der Waals surface area contributed by atoms with Crippen molar-refractivity contribution in [2.75, 3.05) is 19.6 Å². The molecule has 3 heterocycles. The minimum Gasteiger partial charge on any atom is -0.480 e. The largest absolute Gasteiger partial charge is 0.480 e. The zero-order chi connectivity index (χ0) is 15.7. The molecule has 5 nitrogen and oxygen atoms in total. The van der Waals surface area contributed by atoms with Gasteiger partial charge < -0.3 is 10.0 Å². The van der Waals surface area contributed by atoms with Crippen LogP contribution < -0.4 is 0 Å². The molecule has 0 bridgehead atoms. The Kier molecular flexibility index (Phi) is 4.49. The van der Waals surface area contributed by atoms with Crippen LogP contribution in [0.4, 0.5) is 0 Å². The fourth-order valence-corrected chi connectivity index (χ4v) is 4.62. The van der Waals surface area contributed by atoms with E-state index in [0.717, 1.165) is 25.8 Å². The van der Waals surface area contributed by atoms with Gasteiger partial charge in [-0.3, -0.25) is 14.5 Å². The Morgan fingerprint density at radius 3 is 2.95 bits per heavy atom. The van der Waals surface area contributed by atoms with E-state index in [-0.39, 0.29) is 18.5 Å². The van der Waals surface area contributed by atoms with Crippen LogP contribution in [0.2, 0.25) is 0 Å². The fraction of sp³-hybridized carbons (Fsp3) is 0.625. The smallest absolute Gasteiger partial charge is 0.320 e. The van der Waals surface area contributed by atoms with Crippen molar-refractivity contribution in [3.05, 3.63) is 21.9 Å². The van der Waals surface area contributed by atoms with Crippen molar-refractivity contribution in [2.24, 2.45) is 0 Å². The van der Waals surface area contributed by atoms with Gasteiger partial charge in [-0.25, -0.2) is 0 Å². The number of aliphatic carboxylic acids is 1. The van der Waals surface area contributed by atoms with Gasteiger partial charge in [0.1, 0.15) is 6.04 Å². The molecule has 2 aliphatic rings. The predicted molar refractivity (Wildman–Crippen MR) is 85.0 cm³/mol. The summed E-state index contributed by atoms with van der Waals surface area (Å²) in [5.74, 6) is -0.743. The van der Waals surface area contributed by atoms with Crippen molar-refractivity contribution in [3.63, 3.8) is 0 Å². The molecular formula is C16H22N2O3S. The molecule has 1 aromatic heterocycles. The first-order valence-corrected chi connectivity index (χ1v) is 8.82. The maximum absolute atomic E-state index is 12.7. The van der Waals surface area contributed by atoms with Crippen LogP contribution in [-0.4, -0.2) is 52.5 Å². The summed E-state index contributed by atoms with van der Waals surface area (Å²) in [5.41, 5.74) is 1.28. The summed E-state index contributed by atoms with van der Waals surface area (Å²) < 4.78 is 0. The number of likely N-dealkylation sites (tertiary alicyclic amines) is 1. The molecule has 1 N–H and O–H groups in total. The number of carbonyl (C=O) groups excluding carboxylic acids is 1. The highest BCUT2D eigenvalue weighted by molar-refractivity contribution is 7.10. The van der Waals surface area contributed by atoms with Gasteiger partial charge in [0.2, 0.25) is 5.91 Å². The number of carbonyl (C=O) groups is 2. The summed E-state index contributed by atoms with van der Waals surface area (Å²) in [4.78, 5) is 29.1. The number of carboxylic acid groups (broad SMARTS) is 1. The molecule has 0 aliphatic carbocycles. The van der Waals surface area contributed by atoms with E-state index in [9.17, 15) is 14.7 Å². The lowest BCUT2D eigenvalue weighted by atomic mass is 9.97. The highest BCUT2D eigenvalue weighted by Crippen LogP contribution is 2.35. The first-order chi connectivity index (χ1) is 10.6. The molecular weight excluding hydrogens is 300 g/mol. The van der Waals surface area contributed by atoms with Gasteiger partial charge in [-0.15, -0.1) is 11.3 Å². The first kappa shape index (κ1) is 15.5. The number of nitrogens with zero attached hydrogens (tertiary/aromatic N) is 2. The molecule has 0 saturated carbocycles. The number of thiophene rings is 1. The number of rotatable bonds is 4. The molecule has 22 heavy (non-hydrogen) atoms. The van der Waals surface area contributed by atoms with Crippen LogP contribution in [0, 0.1) is 0 Å². The number of amides is 1. The van der Waals surface area contributed by atoms with E-state index in [2.05, 4.69) is 18.4 Å². The van der Waals surface area contributed by atoms with Crippen molar-refractivity contribution in [3.8, 4) is 0 Å². The number of carboxylic acids is 1. The van der Waals surface area contributed by atoms with Crippen LogP contribution in [0.3, 0.4) is 0 Å². The van der Waals surface area contributed by atoms with E-state index >= 15 is 0 Å². The maximum atomic E-state index is 12.7. The molecule has 1 aromatic rings. The number of hydrogen-bond acceptors (Lipinski definition) is 4. The van der Waals surface area contributed by atoms with Gasteiger partial charge in [-0.2, -0.15) is 0 Å². The van der Waals surface area contributed by atoms with Gasteiger partial charge in [-0.1, -0.05) is 6.92 Å². The Morgan fingerprint density at radius 1 is 1.41 bits per heavy atom. The van der Waals surface area contributed by atoms with Crippen LogP contribution in [0.25, 0.3) is 0 Å². The number of fused-ring (bicyclic) bond motifs is 1. The Morgan fingerprint density at radius 2 is 2.23 bits per heavy atom. The monoisotopic (exact) mass is 322 g/mol. The SMILES string of the molecule is CCC1c2ccsc2CCN1C(=O)CN1CCCC1C(=O)O. The van der Waals surface area contributed by atoms with E-state index in [4.69, 9.17) is 0 Å². The summed E-state index contributed by atoms with van der Waals surface area (Å²) in [5, 5.41) is 11.3. The molecule has 0 spiro atoms. The van der Waals surface area contributed by atoms with Gasteiger partial charge in [0.25, 0.3) is 0 Å². The highest BCUT2D eigenvalue weighted by Gasteiger charge is 2.35. The van der Waals surface area contributed by atoms with Crippen LogP contribution in [0.15, 0.2) is 11.4 Å². The minimum absolute atomic E-state index is 0.0665. The van der Waals surface area contributed by atoms with Crippen molar-refractivity contribution < 1.29 is 14.7 Å². The minimum atomic E-state index is -0.809. The fourth-order valence-electron chi connectivity index (χ4n) is 3.69. The van der Waals surface area contributed by atoms with Crippen LogP contribution in [-0.2, 0) is 16.0 Å². The average molecular weight is 322 g/mol. The molecule has 0 radical (unpaired) electrons. The number of hydrogen-bond donors (Lipinski definition) is 1. The third-order valence-corrected chi connectivity index (χ3v) is 5.79. The zero-order valence-corrected chi connectivity index (χ0v) is 13.6. The summed E-state index contributed by atoms with van der Waals surface area (Å²) >= 11 is 1.77. The van der Waals surface area contributed by atoms with Crippen LogP contribution >= 0.6 is 11.3 Å². The van der Waals surface area contributed by atoms with E-state index in [1.165, 1.54) is 10.4 Å². The molecule has 120 valence electrons. The highest BCUT2D eigenvalue weighted by atomic mass is 32.1. The standard InChI is InChI=1S/C16H22N2O3S/c1-2-12-11-6-9-22-14(11)5-8-18(12)15(19)10-17-7-3-4-13(17)16(20)21/h6,9,12-13H,2-5,7-8,10H2,1H3,(H,20,21). The Bertz CT molecular complexity index is 571. The maximum Gasteiger partial charge on any atom is 0.320 e. The summed E-state index contributed by atoms with van der Waals surface area (Å²) in [6.07, 6.45) is 3.32. The van der Waals surface area contributed by atoms with E-state index in [1.54, 1.807) is 11.3 Å². The molecule has 0 aromatic carbocycles. The Hall–Kier alpha value is -1.40. The molecule has 1 saturated heterocycles. The molecule has 6 heteroatoms. The normalized spacial score (nSPS) is 25.2. The Balaban J connectivity index is 1.71. The predicted octanol–water partition coefficient (Wildman–Crippen LogP) is 2.13. The lowest BCUT2D eigenvalue weighted by Crippen LogP contribution is -2.47. The van der Waals surface area contributed by atoms with Crippen LogP contribution in [0.5, 0.6) is 0 Å². The van der Waals surface area contributed by atoms with Crippen molar-refractivity contribution in [1.29, 1.82) is 0 Å². The van der Waals surface area contributed by atoms with Gasteiger partial charge in [0, 0.05) is 11.4 Å². The zero-order valence-electron chi connectivity index (χ0n) is 12.8. The van der Waals surface area contributed by atoms with Crippen molar-refractivity contribution >= 4 is 23.2 Å². The van der Waals surface area contributed by atoms with Gasteiger partial charge >= 0.3 is 5.97 Å². The van der Waals surface area contributed by atoms with E-state index in [1.807, 2.05) is 9.80 Å². The van der Waals surface area contributed by atoms with E-state index < -0.39 is 12.0 Å².